The van der Waals surface area contributed by atoms with Crippen LogP contribution in [0.25, 0.3) is 10.2 Å². The van der Waals surface area contributed by atoms with Crippen LogP contribution in [0.15, 0.2) is 11.7 Å². The van der Waals surface area contributed by atoms with Crippen LogP contribution >= 0.6 is 11.3 Å². The molecule has 0 bridgehead atoms. The first kappa shape index (κ1) is 17.6. The maximum Gasteiger partial charge on any atom is 0.252 e. The molecule has 4 heterocycles. The molecule has 0 atom stereocenters. The normalized spacial score (nSPS) is 14.8. The standard InChI is InChI=1S/C18H21N7OS/c1-10-8-27-18-13(10)16(20-9-21-18)24-4-6-25(7-5-24)17-14(15(19)26)11(2)12(3)22-23-17/h8-9H,4-7H2,1-3H3,(H2,19,26). The van der Waals surface area contributed by atoms with Crippen LogP contribution < -0.4 is 15.5 Å². The number of hydrogen-bond acceptors (Lipinski definition) is 8. The molecule has 140 valence electrons. The second-order valence-electron chi connectivity index (χ2n) is 6.74. The minimum atomic E-state index is -0.464. The van der Waals surface area contributed by atoms with Crippen molar-refractivity contribution in [3.05, 3.63) is 34.1 Å². The van der Waals surface area contributed by atoms with E-state index in [9.17, 15) is 4.79 Å². The first-order valence-corrected chi connectivity index (χ1v) is 9.67. The molecule has 8 nitrogen and oxygen atoms in total. The monoisotopic (exact) mass is 383 g/mol. The number of rotatable bonds is 3. The van der Waals surface area contributed by atoms with Crippen molar-refractivity contribution in [2.24, 2.45) is 5.73 Å². The molecule has 1 saturated heterocycles. The van der Waals surface area contributed by atoms with Crippen molar-refractivity contribution in [2.75, 3.05) is 36.0 Å². The molecule has 1 amide bonds. The summed E-state index contributed by atoms with van der Waals surface area (Å²) < 4.78 is 0. The van der Waals surface area contributed by atoms with Gasteiger partial charge in [-0.1, -0.05) is 0 Å². The minimum absolute atomic E-state index is 0.464. The van der Waals surface area contributed by atoms with Gasteiger partial charge in [0.2, 0.25) is 0 Å². The van der Waals surface area contributed by atoms with Crippen molar-refractivity contribution in [2.45, 2.75) is 20.8 Å². The van der Waals surface area contributed by atoms with E-state index in [1.165, 1.54) is 5.56 Å². The lowest BCUT2D eigenvalue weighted by atomic mass is 10.1. The fourth-order valence-electron chi connectivity index (χ4n) is 3.48. The van der Waals surface area contributed by atoms with E-state index in [4.69, 9.17) is 5.73 Å². The summed E-state index contributed by atoms with van der Waals surface area (Å²) >= 11 is 1.64. The van der Waals surface area contributed by atoms with Gasteiger partial charge in [0.15, 0.2) is 5.82 Å². The molecule has 0 aliphatic carbocycles. The van der Waals surface area contributed by atoms with Gasteiger partial charge in [0.25, 0.3) is 5.91 Å². The predicted octanol–water partition coefficient (Wildman–Crippen LogP) is 1.83. The molecule has 4 rings (SSSR count). The van der Waals surface area contributed by atoms with Crippen molar-refractivity contribution in [3.8, 4) is 0 Å². The molecule has 0 spiro atoms. The van der Waals surface area contributed by atoms with Gasteiger partial charge in [-0.15, -0.1) is 16.4 Å². The lowest BCUT2D eigenvalue weighted by molar-refractivity contribution is 0.0999. The molecule has 1 aliphatic rings. The summed E-state index contributed by atoms with van der Waals surface area (Å²) in [6, 6.07) is 0. The first-order chi connectivity index (χ1) is 13.0. The third-order valence-corrected chi connectivity index (χ3v) is 6.10. The highest BCUT2D eigenvalue weighted by atomic mass is 32.1. The van der Waals surface area contributed by atoms with E-state index in [1.807, 2.05) is 13.8 Å². The highest BCUT2D eigenvalue weighted by Crippen LogP contribution is 2.32. The van der Waals surface area contributed by atoms with Crippen LogP contribution in [0.2, 0.25) is 0 Å². The SMILES string of the molecule is Cc1nnc(N2CCN(c3ncnc4scc(C)c34)CC2)c(C(N)=O)c1C. The highest BCUT2D eigenvalue weighted by molar-refractivity contribution is 7.17. The molecule has 9 heteroatoms. The fraction of sp³-hybridized carbons (Fsp3) is 0.389. The van der Waals surface area contributed by atoms with E-state index in [1.54, 1.807) is 17.7 Å². The topological polar surface area (TPSA) is 101 Å². The van der Waals surface area contributed by atoms with Gasteiger partial charge >= 0.3 is 0 Å². The van der Waals surface area contributed by atoms with E-state index in [-0.39, 0.29) is 0 Å². The van der Waals surface area contributed by atoms with Crippen LogP contribution in [0.4, 0.5) is 11.6 Å². The summed E-state index contributed by atoms with van der Waals surface area (Å²) in [6.45, 7) is 8.76. The molecule has 3 aromatic heterocycles. The Hall–Kier alpha value is -2.81. The van der Waals surface area contributed by atoms with Crippen LogP contribution in [0.3, 0.4) is 0 Å². The van der Waals surface area contributed by atoms with Crippen LogP contribution in [-0.2, 0) is 0 Å². The Balaban J connectivity index is 1.61. The number of anilines is 2. The average Bonchev–Trinajstić information content (AvgIpc) is 3.05. The number of fused-ring (bicyclic) bond motifs is 1. The molecule has 1 fully saturated rings. The molecular formula is C18H21N7OS. The highest BCUT2D eigenvalue weighted by Gasteiger charge is 2.26. The molecule has 1 aliphatic heterocycles. The van der Waals surface area contributed by atoms with Gasteiger partial charge in [0.1, 0.15) is 17.0 Å². The number of aryl methyl sites for hydroxylation is 2. The molecule has 0 aromatic carbocycles. The lowest BCUT2D eigenvalue weighted by Gasteiger charge is -2.36. The maximum absolute atomic E-state index is 12.0. The second kappa shape index (κ2) is 6.73. The fourth-order valence-corrected chi connectivity index (χ4v) is 4.36. The molecule has 2 N–H and O–H groups in total. The molecule has 27 heavy (non-hydrogen) atoms. The number of hydrogen-bond donors (Lipinski definition) is 1. The molecular weight excluding hydrogens is 362 g/mol. The van der Waals surface area contributed by atoms with Crippen LogP contribution in [0.5, 0.6) is 0 Å². The Morgan fingerprint density at radius 1 is 1.04 bits per heavy atom. The van der Waals surface area contributed by atoms with E-state index in [2.05, 4.69) is 42.3 Å². The molecule has 0 saturated carbocycles. The first-order valence-electron chi connectivity index (χ1n) is 8.79. The van der Waals surface area contributed by atoms with Gasteiger partial charge in [-0.2, -0.15) is 5.10 Å². The predicted molar refractivity (Wildman–Crippen MR) is 107 cm³/mol. The van der Waals surface area contributed by atoms with Crippen molar-refractivity contribution < 1.29 is 4.79 Å². The van der Waals surface area contributed by atoms with Gasteiger partial charge in [-0.05, 0) is 37.3 Å². The van der Waals surface area contributed by atoms with Crippen molar-refractivity contribution >= 4 is 39.1 Å². The Morgan fingerprint density at radius 2 is 1.70 bits per heavy atom. The number of nitrogens with zero attached hydrogens (tertiary/aromatic N) is 6. The Kier molecular flexibility index (Phi) is 4.39. The Bertz CT molecular complexity index is 1020. The summed E-state index contributed by atoms with van der Waals surface area (Å²) in [7, 11) is 0. The average molecular weight is 383 g/mol. The van der Waals surface area contributed by atoms with Crippen LogP contribution in [0.1, 0.15) is 27.2 Å². The van der Waals surface area contributed by atoms with Crippen molar-refractivity contribution in [1.82, 2.24) is 20.2 Å². The number of primary amides is 1. The zero-order valence-corrected chi connectivity index (χ0v) is 16.4. The summed E-state index contributed by atoms with van der Waals surface area (Å²) in [5.41, 5.74) is 8.80. The van der Waals surface area contributed by atoms with Gasteiger partial charge in [0, 0.05) is 26.2 Å². The number of carbonyl (C=O) groups excluding carboxylic acids is 1. The largest absolute Gasteiger partial charge is 0.365 e. The van der Waals surface area contributed by atoms with E-state index >= 15 is 0 Å². The molecule has 3 aromatic rings. The number of amides is 1. The number of nitrogens with two attached hydrogens (primary N) is 1. The number of piperazine rings is 1. The van der Waals surface area contributed by atoms with E-state index < -0.39 is 5.91 Å². The third-order valence-electron chi connectivity index (χ3n) is 5.10. The minimum Gasteiger partial charge on any atom is -0.365 e. The van der Waals surface area contributed by atoms with Crippen LogP contribution in [-0.4, -0.2) is 52.3 Å². The Labute approximate surface area is 161 Å². The van der Waals surface area contributed by atoms with E-state index in [0.29, 0.717) is 24.5 Å². The number of carbonyl (C=O) groups is 1. The Morgan fingerprint density at radius 3 is 2.37 bits per heavy atom. The summed E-state index contributed by atoms with van der Waals surface area (Å²) in [6.07, 6.45) is 1.62. The lowest BCUT2D eigenvalue weighted by Crippen LogP contribution is -2.48. The van der Waals surface area contributed by atoms with Crippen molar-refractivity contribution in [1.29, 1.82) is 0 Å². The number of thiophene rings is 1. The zero-order valence-electron chi connectivity index (χ0n) is 15.6. The van der Waals surface area contributed by atoms with Crippen LogP contribution in [0, 0.1) is 20.8 Å². The summed E-state index contributed by atoms with van der Waals surface area (Å²) in [5, 5.41) is 11.7. The second-order valence-corrected chi connectivity index (χ2v) is 7.60. The quantitative estimate of drug-likeness (QED) is 0.736. The molecule has 0 unspecified atom stereocenters. The van der Waals surface area contributed by atoms with Gasteiger partial charge in [-0.3, -0.25) is 4.79 Å². The summed E-state index contributed by atoms with van der Waals surface area (Å²) in [4.78, 5) is 26.2. The van der Waals surface area contributed by atoms with Crippen molar-refractivity contribution in [3.63, 3.8) is 0 Å². The zero-order chi connectivity index (χ0) is 19.1. The maximum atomic E-state index is 12.0. The summed E-state index contributed by atoms with van der Waals surface area (Å²) in [5.74, 6) is 1.08. The van der Waals surface area contributed by atoms with E-state index in [0.717, 1.165) is 40.4 Å². The van der Waals surface area contributed by atoms with Gasteiger partial charge in [-0.25, -0.2) is 9.97 Å². The third kappa shape index (κ3) is 2.97. The molecule has 0 radical (unpaired) electrons. The van der Waals surface area contributed by atoms with Gasteiger partial charge < -0.3 is 15.5 Å². The number of aromatic nitrogens is 4. The van der Waals surface area contributed by atoms with Gasteiger partial charge in [0.05, 0.1) is 16.6 Å². The smallest absolute Gasteiger partial charge is 0.252 e.